The second-order valence-electron chi connectivity index (χ2n) is 8.71. The summed E-state index contributed by atoms with van der Waals surface area (Å²) in [5.74, 6) is -0.133. The van der Waals surface area contributed by atoms with Crippen molar-refractivity contribution in [2.75, 3.05) is 33.4 Å². The van der Waals surface area contributed by atoms with Crippen LogP contribution in [-0.2, 0) is 19.9 Å². The number of nitrogens with one attached hydrogen (secondary N) is 1. The van der Waals surface area contributed by atoms with E-state index in [1.807, 2.05) is 49.4 Å². The Labute approximate surface area is 192 Å². The minimum atomic E-state index is -1.07. The fourth-order valence-corrected chi connectivity index (χ4v) is 5.38. The van der Waals surface area contributed by atoms with Crippen molar-refractivity contribution in [2.45, 2.75) is 24.8 Å². The molecular formula is C25H26ClN3O3. The van der Waals surface area contributed by atoms with Crippen LogP contribution in [0.4, 0.5) is 0 Å². The minimum absolute atomic E-state index is 0.0345. The Kier molecular flexibility index (Phi) is 5.22. The molecule has 0 aliphatic carbocycles. The molecule has 1 aromatic heterocycles. The summed E-state index contributed by atoms with van der Waals surface area (Å²) in [6, 6.07) is 15.9. The van der Waals surface area contributed by atoms with Crippen molar-refractivity contribution in [2.24, 2.45) is 0 Å². The number of aromatic amines is 1. The summed E-state index contributed by atoms with van der Waals surface area (Å²) in [5.41, 5.74) is 2.86. The number of benzene rings is 2. The maximum atomic E-state index is 13.8. The van der Waals surface area contributed by atoms with Crippen LogP contribution in [-0.4, -0.2) is 59.9 Å². The van der Waals surface area contributed by atoms with Gasteiger partial charge in [-0.05, 0) is 42.7 Å². The molecule has 7 heteroatoms. The molecule has 2 aromatic carbocycles. The molecule has 5 rings (SSSR count). The van der Waals surface area contributed by atoms with Gasteiger partial charge in [0, 0.05) is 48.6 Å². The van der Waals surface area contributed by atoms with Crippen molar-refractivity contribution in [1.82, 2.24) is 14.8 Å². The van der Waals surface area contributed by atoms with E-state index in [4.69, 9.17) is 16.3 Å². The maximum Gasteiger partial charge on any atom is 0.254 e. The van der Waals surface area contributed by atoms with Gasteiger partial charge in [0.25, 0.3) is 5.91 Å². The van der Waals surface area contributed by atoms with Gasteiger partial charge in [0.1, 0.15) is 0 Å². The molecule has 0 unspecified atom stereocenters. The molecule has 2 amide bonds. The molecular weight excluding hydrogens is 426 g/mol. The van der Waals surface area contributed by atoms with E-state index in [1.54, 1.807) is 16.9 Å². The molecule has 0 radical (unpaired) electrons. The Morgan fingerprint density at radius 1 is 1.16 bits per heavy atom. The predicted octanol–water partition coefficient (Wildman–Crippen LogP) is 3.89. The Morgan fingerprint density at radius 2 is 1.91 bits per heavy atom. The summed E-state index contributed by atoms with van der Waals surface area (Å²) in [6.45, 7) is 3.47. The fourth-order valence-electron chi connectivity index (χ4n) is 5.25. The van der Waals surface area contributed by atoms with Crippen molar-refractivity contribution < 1.29 is 14.3 Å². The van der Waals surface area contributed by atoms with Gasteiger partial charge >= 0.3 is 0 Å². The van der Waals surface area contributed by atoms with E-state index in [1.165, 1.54) is 0 Å². The van der Waals surface area contributed by atoms with Crippen molar-refractivity contribution in [3.63, 3.8) is 0 Å². The van der Waals surface area contributed by atoms with Crippen LogP contribution in [0.5, 0.6) is 0 Å². The molecule has 3 heterocycles. The molecule has 166 valence electrons. The minimum Gasteiger partial charge on any atom is -0.385 e. The Balaban J connectivity index is 1.67. The average molecular weight is 452 g/mol. The first-order chi connectivity index (χ1) is 15.4. The molecule has 2 atom stereocenters. The van der Waals surface area contributed by atoms with Gasteiger partial charge in [-0.1, -0.05) is 41.9 Å². The van der Waals surface area contributed by atoms with Crippen LogP contribution in [0, 0.1) is 0 Å². The number of aromatic nitrogens is 1. The van der Waals surface area contributed by atoms with E-state index in [2.05, 4.69) is 11.1 Å². The second-order valence-corrected chi connectivity index (χ2v) is 9.15. The molecule has 1 saturated heterocycles. The number of carbonyl (C=O) groups is 2. The molecule has 6 nitrogen and oxygen atoms in total. The normalized spacial score (nSPS) is 22.9. The zero-order chi connectivity index (χ0) is 22.5. The van der Waals surface area contributed by atoms with Crippen LogP contribution in [0.25, 0.3) is 10.9 Å². The molecule has 1 fully saturated rings. The summed E-state index contributed by atoms with van der Waals surface area (Å²) in [6.07, 6.45) is 0.693. The molecule has 32 heavy (non-hydrogen) atoms. The summed E-state index contributed by atoms with van der Waals surface area (Å²) < 4.78 is 5.15. The molecule has 0 saturated carbocycles. The van der Waals surface area contributed by atoms with Crippen LogP contribution in [0.3, 0.4) is 0 Å². The SMILES string of the molecule is COCCCN1CC(=O)N2C[C@@H](c3ccc(Cl)cc3)c3c([nH]c4ccccc34)[C@@]2(C)C1=O. The van der Waals surface area contributed by atoms with Crippen LogP contribution in [0.2, 0.25) is 5.02 Å². The molecule has 1 N–H and O–H groups in total. The third-order valence-electron chi connectivity index (χ3n) is 6.87. The van der Waals surface area contributed by atoms with Crippen LogP contribution in [0.15, 0.2) is 48.5 Å². The van der Waals surface area contributed by atoms with Crippen LogP contribution in [0.1, 0.15) is 36.1 Å². The maximum absolute atomic E-state index is 13.8. The first kappa shape index (κ1) is 21.0. The fraction of sp³-hybridized carbons (Fsp3) is 0.360. The molecule has 2 aliphatic rings. The van der Waals surface area contributed by atoms with Crippen molar-refractivity contribution >= 4 is 34.3 Å². The first-order valence-electron chi connectivity index (χ1n) is 10.9. The van der Waals surface area contributed by atoms with E-state index in [-0.39, 0.29) is 24.3 Å². The van der Waals surface area contributed by atoms with E-state index < -0.39 is 5.54 Å². The number of hydrogen-bond donors (Lipinski definition) is 1. The Morgan fingerprint density at radius 3 is 2.66 bits per heavy atom. The quantitative estimate of drug-likeness (QED) is 0.598. The van der Waals surface area contributed by atoms with Gasteiger partial charge < -0.3 is 19.5 Å². The standard InChI is InChI=1S/C25H26ClN3O3/c1-25-23-22(18-6-3-4-7-20(18)27-23)19(16-8-10-17(26)11-9-16)14-29(25)21(30)15-28(24(25)31)12-5-13-32-2/h3-4,6-11,19,27H,5,12-15H2,1-2H3/t19-,25-/m0/s1. The lowest BCUT2D eigenvalue weighted by Gasteiger charge is -2.51. The number of methoxy groups -OCH3 is 1. The molecule has 2 aliphatic heterocycles. The molecule has 3 aromatic rings. The third kappa shape index (κ3) is 3.12. The van der Waals surface area contributed by atoms with E-state index in [0.717, 1.165) is 27.7 Å². The topological polar surface area (TPSA) is 65.6 Å². The largest absolute Gasteiger partial charge is 0.385 e. The monoisotopic (exact) mass is 451 g/mol. The third-order valence-corrected chi connectivity index (χ3v) is 7.12. The summed E-state index contributed by atoms with van der Waals surface area (Å²) in [4.78, 5) is 34.1. The number of para-hydroxylation sites is 1. The van der Waals surface area contributed by atoms with Crippen LogP contribution < -0.4 is 0 Å². The van der Waals surface area contributed by atoms with Crippen molar-refractivity contribution in [3.8, 4) is 0 Å². The smallest absolute Gasteiger partial charge is 0.254 e. The van der Waals surface area contributed by atoms with Crippen LogP contribution >= 0.6 is 11.6 Å². The van der Waals surface area contributed by atoms with E-state index >= 15 is 0 Å². The zero-order valence-electron chi connectivity index (χ0n) is 18.2. The number of halogens is 1. The summed E-state index contributed by atoms with van der Waals surface area (Å²) >= 11 is 6.14. The van der Waals surface area contributed by atoms with Gasteiger partial charge in [0.2, 0.25) is 5.91 Å². The van der Waals surface area contributed by atoms with Crippen molar-refractivity contribution in [1.29, 1.82) is 0 Å². The lowest BCUT2D eigenvalue weighted by Crippen LogP contribution is -2.67. The van der Waals surface area contributed by atoms with Gasteiger partial charge in [-0.25, -0.2) is 0 Å². The average Bonchev–Trinajstić information content (AvgIpc) is 3.19. The highest BCUT2D eigenvalue weighted by Crippen LogP contribution is 2.48. The molecule has 0 spiro atoms. The first-order valence-corrected chi connectivity index (χ1v) is 11.3. The van der Waals surface area contributed by atoms with E-state index in [0.29, 0.717) is 31.1 Å². The lowest BCUT2D eigenvalue weighted by atomic mass is 9.76. The van der Waals surface area contributed by atoms with Gasteiger partial charge in [-0.15, -0.1) is 0 Å². The number of hydrogen-bond acceptors (Lipinski definition) is 3. The molecule has 0 bridgehead atoms. The second kappa shape index (κ2) is 7.94. The highest BCUT2D eigenvalue weighted by Gasteiger charge is 2.56. The number of carbonyl (C=O) groups excluding carboxylic acids is 2. The number of H-pyrrole nitrogens is 1. The highest BCUT2D eigenvalue weighted by atomic mass is 35.5. The highest BCUT2D eigenvalue weighted by molar-refractivity contribution is 6.30. The number of nitrogens with zero attached hydrogens (tertiary/aromatic N) is 2. The van der Waals surface area contributed by atoms with Gasteiger partial charge in [-0.3, -0.25) is 9.59 Å². The summed E-state index contributed by atoms with van der Waals surface area (Å²) in [7, 11) is 1.64. The van der Waals surface area contributed by atoms with E-state index in [9.17, 15) is 9.59 Å². The van der Waals surface area contributed by atoms with Crippen molar-refractivity contribution in [3.05, 3.63) is 70.4 Å². The number of rotatable bonds is 5. The zero-order valence-corrected chi connectivity index (χ0v) is 19.0. The Bertz CT molecular complexity index is 1190. The number of amides is 2. The number of piperazine rings is 1. The predicted molar refractivity (Wildman–Crippen MR) is 124 cm³/mol. The summed E-state index contributed by atoms with van der Waals surface area (Å²) in [5, 5.41) is 1.75. The Hall–Kier alpha value is -2.83. The van der Waals surface area contributed by atoms with Gasteiger partial charge in [-0.2, -0.15) is 0 Å². The number of ether oxygens (including phenoxy) is 1. The van der Waals surface area contributed by atoms with Gasteiger partial charge in [0.15, 0.2) is 5.54 Å². The van der Waals surface area contributed by atoms with Gasteiger partial charge in [0.05, 0.1) is 12.2 Å². The lowest BCUT2D eigenvalue weighted by molar-refractivity contribution is -0.166. The number of fused-ring (bicyclic) bond motifs is 5.